The van der Waals surface area contributed by atoms with Crippen LogP contribution in [0.3, 0.4) is 0 Å². The van der Waals surface area contributed by atoms with Crippen molar-refractivity contribution in [1.29, 1.82) is 0 Å². The molecule has 0 aliphatic rings. The van der Waals surface area contributed by atoms with Crippen LogP contribution in [0.5, 0.6) is 0 Å². The van der Waals surface area contributed by atoms with Crippen molar-refractivity contribution in [2.45, 2.75) is 45.3 Å². The highest BCUT2D eigenvalue weighted by Crippen LogP contribution is 2.02. The summed E-state index contributed by atoms with van der Waals surface area (Å²) in [5.74, 6) is 0. The molecule has 0 N–H and O–H groups in total. The number of allylic oxidation sites excluding steroid dienone is 1. The third-order valence-corrected chi connectivity index (χ3v) is 6.16. The van der Waals surface area contributed by atoms with Crippen LogP contribution >= 0.6 is 0 Å². The van der Waals surface area contributed by atoms with Gasteiger partial charge in [-0.3, -0.25) is 0 Å². The lowest BCUT2D eigenvalue weighted by molar-refractivity contribution is 0.279. The molecule has 4 heteroatoms. The van der Waals surface area contributed by atoms with E-state index in [9.17, 15) is 0 Å². The van der Waals surface area contributed by atoms with Crippen molar-refractivity contribution in [3.63, 3.8) is 0 Å². The summed E-state index contributed by atoms with van der Waals surface area (Å²) >= 11 is 0. The Labute approximate surface area is 91.9 Å². The van der Waals surface area contributed by atoms with Gasteiger partial charge in [-0.1, -0.05) is 12.5 Å². The summed E-state index contributed by atoms with van der Waals surface area (Å²) in [4.78, 5) is 0. The standard InChI is InChI=1S/C10H24O2Si2/c1-5-6-7-8-9-10-11-13-12-14(2,3)4/h5H,1,6-10,13H2,2-4H3. The topological polar surface area (TPSA) is 18.5 Å². The Morgan fingerprint density at radius 2 is 1.93 bits per heavy atom. The van der Waals surface area contributed by atoms with Gasteiger partial charge in [0.05, 0.1) is 0 Å². The molecule has 0 saturated heterocycles. The summed E-state index contributed by atoms with van der Waals surface area (Å²) in [6.07, 6.45) is 6.75. The van der Waals surface area contributed by atoms with E-state index in [1.54, 1.807) is 0 Å². The predicted molar refractivity (Wildman–Crippen MR) is 67.6 cm³/mol. The molecular weight excluding hydrogens is 208 g/mol. The lowest BCUT2D eigenvalue weighted by Crippen LogP contribution is -2.28. The van der Waals surface area contributed by atoms with E-state index in [0.717, 1.165) is 19.4 Å². The normalized spacial score (nSPS) is 12.5. The second-order valence-electron chi connectivity index (χ2n) is 4.42. The SMILES string of the molecule is C=CCCCCCO[SiH2]O[Si](C)(C)C. The van der Waals surface area contributed by atoms with Crippen molar-refractivity contribution in [3.8, 4) is 0 Å². The molecule has 0 aliphatic carbocycles. The summed E-state index contributed by atoms with van der Waals surface area (Å²) in [7, 11) is -2.01. The molecular formula is C10H24O2Si2. The zero-order valence-corrected chi connectivity index (χ0v) is 12.3. The van der Waals surface area contributed by atoms with E-state index in [-0.39, 0.29) is 0 Å². The fourth-order valence-electron chi connectivity index (χ4n) is 0.947. The summed E-state index contributed by atoms with van der Waals surface area (Å²) < 4.78 is 11.2. The largest absolute Gasteiger partial charge is 0.441 e. The molecule has 84 valence electrons. The van der Waals surface area contributed by atoms with Crippen LogP contribution in [0.1, 0.15) is 25.7 Å². The Hall–Kier alpha value is 0.0938. The number of unbranched alkanes of at least 4 members (excludes halogenated alkanes) is 3. The first-order valence-corrected chi connectivity index (χ1v) is 9.95. The second-order valence-corrected chi connectivity index (χ2v) is 10.4. The first kappa shape index (κ1) is 14.1. The molecule has 0 spiro atoms. The Morgan fingerprint density at radius 3 is 2.50 bits per heavy atom. The zero-order valence-electron chi connectivity index (χ0n) is 9.84. The van der Waals surface area contributed by atoms with Crippen molar-refractivity contribution in [1.82, 2.24) is 0 Å². The smallest absolute Gasteiger partial charge is 0.294 e. The Morgan fingerprint density at radius 1 is 1.21 bits per heavy atom. The minimum absolute atomic E-state index is 0.691. The number of hydrogen-bond acceptors (Lipinski definition) is 2. The second kappa shape index (κ2) is 8.41. The molecule has 0 aromatic rings. The van der Waals surface area contributed by atoms with Gasteiger partial charge in [0, 0.05) is 6.61 Å². The monoisotopic (exact) mass is 232 g/mol. The maximum atomic E-state index is 5.70. The quantitative estimate of drug-likeness (QED) is 0.346. The van der Waals surface area contributed by atoms with Gasteiger partial charge in [-0.2, -0.15) is 0 Å². The highest BCUT2D eigenvalue weighted by Gasteiger charge is 2.12. The van der Waals surface area contributed by atoms with Crippen LogP contribution < -0.4 is 0 Å². The molecule has 0 heterocycles. The average Bonchev–Trinajstić information content (AvgIpc) is 2.08. The van der Waals surface area contributed by atoms with Gasteiger partial charge in [0.1, 0.15) is 0 Å². The van der Waals surface area contributed by atoms with Gasteiger partial charge in [0.2, 0.25) is 0 Å². The molecule has 0 aromatic carbocycles. The fourth-order valence-corrected chi connectivity index (χ4v) is 3.02. The van der Waals surface area contributed by atoms with E-state index < -0.39 is 18.3 Å². The minimum atomic E-state index is -1.31. The average molecular weight is 232 g/mol. The van der Waals surface area contributed by atoms with E-state index in [4.69, 9.17) is 8.54 Å². The maximum absolute atomic E-state index is 5.70. The molecule has 0 atom stereocenters. The van der Waals surface area contributed by atoms with Gasteiger partial charge in [-0.15, -0.1) is 6.58 Å². The van der Waals surface area contributed by atoms with Gasteiger partial charge < -0.3 is 8.54 Å². The van der Waals surface area contributed by atoms with Crippen LogP contribution in [-0.2, 0) is 8.54 Å². The number of hydrogen-bond donors (Lipinski definition) is 0. The molecule has 0 amide bonds. The van der Waals surface area contributed by atoms with Crippen molar-refractivity contribution < 1.29 is 8.54 Å². The summed E-state index contributed by atoms with van der Waals surface area (Å²) in [6, 6.07) is 0. The fraction of sp³-hybridized carbons (Fsp3) is 0.800. The summed E-state index contributed by atoms with van der Waals surface area (Å²) in [5.41, 5.74) is 0. The van der Waals surface area contributed by atoms with Gasteiger partial charge >= 0.3 is 0 Å². The Balaban J connectivity index is 3.03. The molecule has 0 aromatic heterocycles. The third-order valence-electron chi connectivity index (χ3n) is 1.77. The van der Waals surface area contributed by atoms with Crippen LogP contribution in [0.2, 0.25) is 19.6 Å². The summed E-state index contributed by atoms with van der Waals surface area (Å²) in [6.45, 7) is 11.2. The molecule has 0 aliphatic heterocycles. The van der Waals surface area contributed by atoms with Gasteiger partial charge in [0.25, 0.3) is 10.0 Å². The maximum Gasteiger partial charge on any atom is 0.294 e. The van der Waals surface area contributed by atoms with Crippen LogP contribution in [-0.4, -0.2) is 24.9 Å². The van der Waals surface area contributed by atoms with Gasteiger partial charge in [0.15, 0.2) is 8.32 Å². The highest BCUT2D eigenvalue weighted by atomic mass is 28.4. The van der Waals surface area contributed by atoms with E-state index in [2.05, 4.69) is 26.2 Å². The van der Waals surface area contributed by atoms with Crippen molar-refractivity contribution >= 4 is 18.3 Å². The molecule has 0 saturated carbocycles. The Kier molecular flexibility index (Phi) is 8.46. The van der Waals surface area contributed by atoms with Crippen LogP contribution in [0.15, 0.2) is 12.7 Å². The molecule has 14 heavy (non-hydrogen) atoms. The lowest BCUT2D eigenvalue weighted by Gasteiger charge is -2.17. The highest BCUT2D eigenvalue weighted by molar-refractivity contribution is 6.73. The van der Waals surface area contributed by atoms with Gasteiger partial charge in [-0.25, -0.2) is 0 Å². The molecule has 2 nitrogen and oxygen atoms in total. The third kappa shape index (κ3) is 12.1. The predicted octanol–water partition coefficient (Wildman–Crippen LogP) is 2.60. The molecule has 0 radical (unpaired) electrons. The van der Waals surface area contributed by atoms with Crippen molar-refractivity contribution in [2.24, 2.45) is 0 Å². The number of rotatable bonds is 9. The van der Waals surface area contributed by atoms with E-state index in [1.165, 1.54) is 12.8 Å². The summed E-state index contributed by atoms with van der Waals surface area (Å²) in [5, 5.41) is 0. The van der Waals surface area contributed by atoms with E-state index >= 15 is 0 Å². The zero-order chi connectivity index (χ0) is 10.9. The Bertz CT molecular complexity index is 144. The van der Waals surface area contributed by atoms with Crippen molar-refractivity contribution in [3.05, 3.63) is 12.7 Å². The lowest BCUT2D eigenvalue weighted by atomic mass is 10.2. The van der Waals surface area contributed by atoms with E-state index in [0.29, 0.717) is 0 Å². The van der Waals surface area contributed by atoms with Gasteiger partial charge in [-0.05, 0) is 38.9 Å². The molecule has 0 rings (SSSR count). The molecule has 0 bridgehead atoms. The first-order chi connectivity index (χ1) is 6.56. The van der Waals surface area contributed by atoms with E-state index in [1.807, 2.05) is 6.08 Å². The van der Waals surface area contributed by atoms with Crippen molar-refractivity contribution in [2.75, 3.05) is 6.61 Å². The first-order valence-electron chi connectivity index (χ1n) is 5.39. The molecule has 0 fully saturated rings. The van der Waals surface area contributed by atoms with Crippen LogP contribution in [0, 0.1) is 0 Å². The van der Waals surface area contributed by atoms with Crippen LogP contribution in [0.25, 0.3) is 0 Å². The van der Waals surface area contributed by atoms with Crippen LogP contribution in [0.4, 0.5) is 0 Å². The molecule has 0 unspecified atom stereocenters. The minimum Gasteiger partial charge on any atom is -0.441 e.